The molecule has 0 aromatic carbocycles. The summed E-state index contributed by atoms with van der Waals surface area (Å²) in [5, 5.41) is 9.44. The van der Waals surface area contributed by atoms with Crippen molar-refractivity contribution in [2.24, 2.45) is 14.1 Å². The zero-order valence-electron chi connectivity index (χ0n) is 25.6. The number of aliphatic hydroxyl groups excluding tert-OH is 1. The highest BCUT2D eigenvalue weighted by Crippen LogP contribution is 2.27. The van der Waals surface area contributed by atoms with E-state index >= 15 is 0 Å². The van der Waals surface area contributed by atoms with E-state index in [1.165, 1.54) is 88.0 Å². The molecular formula is C31H57N5O3. The lowest BCUT2D eigenvalue weighted by Crippen LogP contribution is -2.29. The van der Waals surface area contributed by atoms with Gasteiger partial charge in [0.15, 0.2) is 11.2 Å². The summed E-state index contributed by atoms with van der Waals surface area (Å²) < 4.78 is 3.33. The monoisotopic (exact) mass is 547 g/mol. The molecule has 2 aromatic rings. The fraction of sp³-hybridized carbons (Fsp3) is 0.839. The average Bonchev–Trinajstić information content (AvgIpc) is 3.24. The van der Waals surface area contributed by atoms with Gasteiger partial charge in [-0.05, 0) is 39.8 Å². The maximum atomic E-state index is 12.6. The molecular weight excluding hydrogens is 490 g/mol. The van der Waals surface area contributed by atoms with Gasteiger partial charge in [-0.3, -0.25) is 19.2 Å². The second kappa shape index (κ2) is 18.4. The number of aryl methyl sites for hydroxylation is 2. The van der Waals surface area contributed by atoms with Gasteiger partial charge in [-0.25, -0.2) is 9.78 Å². The van der Waals surface area contributed by atoms with E-state index in [2.05, 4.69) is 23.9 Å². The van der Waals surface area contributed by atoms with E-state index in [1.54, 1.807) is 7.05 Å². The van der Waals surface area contributed by atoms with Crippen molar-refractivity contribution >= 4 is 11.2 Å². The number of aromatic amines is 1. The van der Waals surface area contributed by atoms with Crippen molar-refractivity contribution in [2.45, 2.75) is 142 Å². The smallest absolute Gasteiger partial charge is 0.329 e. The van der Waals surface area contributed by atoms with E-state index in [0.717, 1.165) is 44.5 Å². The molecule has 0 spiro atoms. The van der Waals surface area contributed by atoms with Gasteiger partial charge in [0, 0.05) is 14.1 Å². The van der Waals surface area contributed by atoms with Crippen molar-refractivity contribution in [3.63, 3.8) is 0 Å². The summed E-state index contributed by atoms with van der Waals surface area (Å²) in [6.45, 7) is 5.13. The Labute approximate surface area is 236 Å². The highest BCUT2D eigenvalue weighted by molar-refractivity contribution is 5.70. The SMILES string of the molecule is CCCCCCCCCCCCN(C)C(CCCCCCCCC(C)O)c1nc2c(c(=O)[nH]c(=O)n2C)n1C. The predicted molar refractivity (Wildman–Crippen MR) is 162 cm³/mol. The van der Waals surface area contributed by atoms with E-state index in [-0.39, 0.29) is 17.7 Å². The summed E-state index contributed by atoms with van der Waals surface area (Å²) in [4.78, 5) is 34.5. The van der Waals surface area contributed by atoms with E-state index in [9.17, 15) is 14.7 Å². The number of unbranched alkanes of at least 4 members (excludes halogenated alkanes) is 14. The standard InChI is InChI=1S/C31H57N5O3/c1-6-7-8-9-10-11-12-15-18-21-24-34(3)26(23-20-17-14-13-16-19-22-25(2)37)28-32-29-27(35(28)4)30(38)33-31(39)36(29)5/h25-26,37H,6-24H2,1-5H3,(H,33,38,39). The first kappa shape index (κ1) is 33.3. The van der Waals surface area contributed by atoms with Crippen LogP contribution in [0.25, 0.3) is 11.2 Å². The number of H-pyrrole nitrogens is 1. The summed E-state index contributed by atoms with van der Waals surface area (Å²) in [6.07, 6.45) is 21.8. The maximum absolute atomic E-state index is 12.6. The van der Waals surface area contributed by atoms with Crippen molar-refractivity contribution in [2.75, 3.05) is 13.6 Å². The van der Waals surface area contributed by atoms with Crippen LogP contribution < -0.4 is 11.2 Å². The van der Waals surface area contributed by atoms with Crippen molar-refractivity contribution < 1.29 is 5.11 Å². The van der Waals surface area contributed by atoms with Crippen LogP contribution in [0, 0.1) is 0 Å². The molecule has 39 heavy (non-hydrogen) atoms. The van der Waals surface area contributed by atoms with Gasteiger partial charge < -0.3 is 9.67 Å². The van der Waals surface area contributed by atoms with Gasteiger partial charge in [0.25, 0.3) is 5.56 Å². The van der Waals surface area contributed by atoms with Crippen molar-refractivity contribution in [1.29, 1.82) is 0 Å². The summed E-state index contributed by atoms with van der Waals surface area (Å²) in [6, 6.07) is 0.103. The molecule has 2 N–H and O–H groups in total. The molecule has 0 saturated carbocycles. The molecule has 0 bridgehead atoms. The number of fused-ring (bicyclic) bond motifs is 1. The number of nitrogens with one attached hydrogen (secondary N) is 1. The second-order valence-corrected chi connectivity index (χ2v) is 11.7. The zero-order valence-corrected chi connectivity index (χ0v) is 25.6. The second-order valence-electron chi connectivity index (χ2n) is 11.7. The minimum Gasteiger partial charge on any atom is -0.393 e. The van der Waals surface area contributed by atoms with Gasteiger partial charge in [0.05, 0.1) is 12.1 Å². The zero-order chi connectivity index (χ0) is 28.6. The Morgan fingerprint density at radius 2 is 1.31 bits per heavy atom. The van der Waals surface area contributed by atoms with Crippen molar-refractivity contribution in [3.05, 3.63) is 26.7 Å². The van der Waals surface area contributed by atoms with E-state index in [0.29, 0.717) is 11.2 Å². The fourth-order valence-corrected chi connectivity index (χ4v) is 5.66. The normalized spacial score (nSPS) is 13.5. The molecule has 2 unspecified atom stereocenters. The topological polar surface area (TPSA) is 96.2 Å². The van der Waals surface area contributed by atoms with Crippen LogP contribution in [0.5, 0.6) is 0 Å². The number of aliphatic hydroxyl groups is 1. The first-order valence-electron chi connectivity index (χ1n) is 15.8. The molecule has 0 aliphatic rings. The van der Waals surface area contributed by atoms with Crippen molar-refractivity contribution in [1.82, 2.24) is 24.0 Å². The Hall–Kier alpha value is -1.93. The summed E-state index contributed by atoms with van der Waals surface area (Å²) in [5.74, 6) is 0.864. The lowest BCUT2D eigenvalue weighted by molar-refractivity contribution is 0.180. The quantitative estimate of drug-likeness (QED) is 0.167. The molecule has 0 saturated heterocycles. The Kier molecular flexibility index (Phi) is 15.7. The predicted octanol–water partition coefficient (Wildman–Crippen LogP) is 6.36. The first-order valence-corrected chi connectivity index (χ1v) is 15.8. The first-order chi connectivity index (χ1) is 18.8. The molecule has 2 heterocycles. The third-order valence-corrected chi connectivity index (χ3v) is 8.21. The minimum atomic E-state index is -0.428. The average molecular weight is 548 g/mol. The third kappa shape index (κ3) is 11.2. The molecule has 0 aliphatic carbocycles. The van der Waals surface area contributed by atoms with Crippen LogP contribution in [-0.4, -0.2) is 48.8 Å². The molecule has 8 nitrogen and oxygen atoms in total. The van der Waals surface area contributed by atoms with E-state index in [4.69, 9.17) is 4.98 Å². The lowest BCUT2D eigenvalue weighted by atomic mass is 10.0. The van der Waals surface area contributed by atoms with Gasteiger partial charge in [-0.2, -0.15) is 0 Å². The Morgan fingerprint density at radius 1 is 0.795 bits per heavy atom. The van der Waals surface area contributed by atoms with Gasteiger partial charge in [0.1, 0.15) is 5.82 Å². The van der Waals surface area contributed by atoms with Gasteiger partial charge in [0.2, 0.25) is 0 Å². The van der Waals surface area contributed by atoms with Crippen LogP contribution in [0.15, 0.2) is 9.59 Å². The Bertz CT molecular complexity index is 1050. The Balaban J connectivity index is 1.95. The number of imidazole rings is 1. The number of nitrogens with zero attached hydrogens (tertiary/aromatic N) is 4. The van der Waals surface area contributed by atoms with Crippen LogP contribution in [0.3, 0.4) is 0 Å². The number of aromatic nitrogens is 4. The van der Waals surface area contributed by atoms with E-state index < -0.39 is 5.69 Å². The molecule has 0 radical (unpaired) electrons. The molecule has 0 fully saturated rings. The lowest BCUT2D eigenvalue weighted by Gasteiger charge is -2.28. The largest absolute Gasteiger partial charge is 0.393 e. The van der Waals surface area contributed by atoms with Crippen LogP contribution in [0.4, 0.5) is 0 Å². The van der Waals surface area contributed by atoms with Crippen molar-refractivity contribution in [3.8, 4) is 0 Å². The number of hydrogen-bond donors (Lipinski definition) is 2. The van der Waals surface area contributed by atoms with Gasteiger partial charge >= 0.3 is 5.69 Å². The summed E-state index contributed by atoms with van der Waals surface area (Å²) in [7, 11) is 5.74. The number of rotatable bonds is 22. The maximum Gasteiger partial charge on any atom is 0.329 e. The molecule has 0 amide bonds. The van der Waals surface area contributed by atoms with Gasteiger partial charge in [-0.15, -0.1) is 0 Å². The van der Waals surface area contributed by atoms with Crippen LogP contribution in [-0.2, 0) is 14.1 Å². The van der Waals surface area contributed by atoms with Crippen LogP contribution >= 0.6 is 0 Å². The summed E-state index contributed by atoms with van der Waals surface area (Å²) in [5.41, 5.74) is 0.116. The number of hydrogen-bond acceptors (Lipinski definition) is 5. The third-order valence-electron chi connectivity index (χ3n) is 8.21. The highest BCUT2D eigenvalue weighted by Gasteiger charge is 2.24. The molecule has 2 atom stereocenters. The van der Waals surface area contributed by atoms with Gasteiger partial charge in [-0.1, -0.05) is 103 Å². The minimum absolute atomic E-state index is 0.103. The van der Waals surface area contributed by atoms with Crippen LogP contribution in [0.1, 0.15) is 141 Å². The molecule has 2 aromatic heterocycles. The fourth-order valence-electron chi connectivity index (χ4n) is 5.66. The molecule has 224 valence electrons. The molecule has 8 heteroatoms. The molecule has 0 aliphatic heterocycles. The summed E-state index contributed by atoms with van der Waals surface area (Å²) >= 11 is 0. The van der Waals surface area contributed by atoms with E-state index in [1.807, 2.05) is 18.5 Å². The Morgan fingerprint density at radius 3 is 1.87 bits per heavy atom. The highest BCUT2D eigenvalue weighted by atomic mass is 16.3. The molecule has 2 rings (SSSR count). The van der Waals surface area contributed by atoms with Crippen LogP contribution in [0.2, 0.25) is 0 Å².